The minimum atomic E-state index is -0.732. The van der Waals surface area contributed by atoms with E-state index in [0.717, 1.165) is 11.1 Å². The first kappa shape index (κ1) is 9.43. The SMILES string of the molecule is COc1ncc(C2(O)CNC2)cc1C. The summed E-state index contributed by atoms with van der Waals surface area (Å²) in [5, 5.41) is 13.1. The number of ether oxygens (including phenoxy) is 1. The Bertz CT molecular complexity index is 348. The maximum Gasteiger partial charge on any atom is 0.215 e. The van der Waals surface area contributed by atoms with E-state index in [4.69, 9.17) is 4.74 Å². The number of pyridine rings is 1. The van der Waals surface area contributed by atoms with Crippen LogP contribution in [0.1, 0.15) is 11.1 Å². The number of aromatic nitrogens is 1. The van der Waals surface area contributed by atoms with E-state index in [1.54, 1.807) is 13.3 Å². The van der Waals surface area contributed by atoms with Crippen LogP contribution in [0.5, 0.6) is 5.88 Å². The van der Waals surface area contributed by atoms with Crippen molar-refractivity contribution in [3.8, 4) is 5.88 Å². The van der Waals surface area contributed by atoms with Crippen molar-refractivity contribution in [2.24, 2.45) is 0 Å². The number of aliphatic hydroxyl groups is 1. The summed E-state index contributed by atoms with van der Waals surface area (Å²) < 4.78 is 5.06. The van der Waals surface area contributed by atoms with Crippen LogP contribution in [0.15, 0.2) is 12.3 Å². The summed E-state index contributed by atoms with van der Waals surface area (Å²) in [6.45, 7) is 3.12. The molecular formula is C10H14N2O2. The van der Waals surface area contributed by atoms with Crippen LogP contribution in [0.2, 0.25) is 0 Å². The molecule has 0 bridgehead atoms. The number of nitrogens with zero attached hydrogens (tertiary/aromatic N) is 1. The molecule has 0 spiro atoms. The number of nitrogens with one attached hydrogen (secondary N) is 1. The average molecular weight is 194 g/mol. The quantitative estimate of drug-likeness (QED) is 0.705. The van der Waals surface area contributed by atoms with E-state index in [1.807, 2.05) is 13.0 Å². The number of rotatable bonds is 2. The third-order valence-corrected chi connectivity index (χ3v) is 2.60. The van der Waals surface area contributed by atoms with Crippen LogP contribution in [-0.4, -0.2) is 30.3 Å². The van der Waals surface area contributed by atoms with Gasteiger partial charge in [-0.1, -0.05) is 0 Å². The number of aryl methyl sites for hydroxylation is 1. The highest BCUT2D eigenvalue weighted by Crippen LogP contribution is 2.27. The summed E-state index contributed by atoms with van der Waals surface area (Å²) in [5.74, 6) is 0.615. The fraction of sp³-hybridized carbons (Fsp3) is 0.500. The highest BCUT2D eigenvalue weighted by molar-refractivity contribution is 5.33. The largest absolute Gasteiger partial charge is 0.481 e. The molecule has 0 aromatic carbocycles. The fourth-order valence-corrected chi connectivity index (χ4v) is 1.60. The number of hydrogen-bond donors (Lipinski definition) is 2. The maximum absolute atomic E-state index is 10.0. The Hall–Kier alpha value is -1.13. The fourth-order valence-electron chi connectivity index (χ4n) is 1.60. The second-order valence-electron chi connectivity index (χ2n) is 3.69. The lowest BCUT2D eigenvalue weighted by molar-refractivity contribution is -0.0150. The van der Waals surface area contributed by atoms with Gasteiger partial charge < -0.3 is 15.2 Å². The number of β-amino-alcohol motifs (C(OH)–C–C–N with tert-alkyl or cyclic N) is 1. The van der Waals surface area contributed by atoms with Gasteiger partial charge in [-0.3, -0.25) is 0 Å². The molecule has 1 fully saturated rings. The van der Waals surface area contributed by atoms with Crippen molar-refractivity contribution in [2.45, 2.75) is 12.5 Å². The zero-order chi connectivity index (χ0) is 10.2. The van der Waals surface area contributed by atoms with Gasteiger partial charge in [-0.2, -0.15) is 0 Å². The molecule has 0 saturated carbocycles. The smallest absolute Gasteiger partial charge is 0.215 e. The van der Waals surface area contributed by atoms with Crippen molar-refractivity contribution >= 4 is 0 Å². The molecule has 1 saturated heterocycles. The Morgan fingerprint density at radius 2 is 2.29 bits per heavy atom. The minimum absolute atomic E-state index is 0.598. The molecule has 0 amide bonds. The van der Waals surface area contributed by atoms with Crippen molar-refractivity contribution in [2.75, 3.05) is 20.2 Å². The van der Waals surface area contributed by atoms with Gasteiger partial charge in [0.05, 0.1) is 7.11 Å². The number of hydrogen-bond acceptors (Lipinski definition) is 4. The molecule has 4 nitrogen and oxygen atoms in total. The van der Waals surface area contributed by atoms with Gasteiger partial charge in [0.15, 0.2) is 0 Å². The van der Waals surface area contributed by atoms with Gasteiger partial charge in [0.1, 0.15) is 5.60 Å². The predicted octanol–water partition coefficient (Wildman–Crippen LogP) is 0.189. The molecule has 0 atom stereocenters. The van der Waals surface area contributed by atoms with Crippen molar-refractivity contribution in [1.82, 2.24) is 10.3 Å². The molecule has 0 unspecified atom stereocenters. The lowest BCUT2D eigenvalue weighted by Crippen LogP contribution is -2.56. The van der Waals surface area contributed by atoms with Gasteiger partial charge in [0.2, 0.25) is 5.88 Å². The molecular weight excluding hydrogens is 180 g/mol. The minimum Gasteiger partial charge on any atom is -0.481 e. The van der Waals surface area contributed by atoms with Crippen LogP contribution >= 0.6 is 0 Å². The van der Waals surface area contributed by atoms with Crippen LogP contribution in [0.25, 0.3) is 0 Å². The van der Waals surface area contributed by atoms with E-state index in [9.17, 15) is 5.11 Å². The monoisotopic (exact) mass is 194 g/mol. The molecule has 4 heteroatoms. The Kier molecular flexibility index (Phi) is 2.17. The van der Waals surface area contributed by atoms with E-state index >= 15 is 0 Å². The van der Waals surface area contributed by atoms with Gasteiger partial charge in [-0.25, -0.2) is 4.98 Å². The first-order chi connectivity index (χ1) is 6.65. The first-order valence-corrected chi connectivity index (χ1v) is 4.60. The van der Waals surface area contributed by atoms with E-state index < -0.39 is 5.60 Å². The molecule has 2 heterocycles. The lowest BCUT2D eigenvalue weighted by atomic mass is 9.89. The normalized spacial score (nSPS) is 18.8. The van der Waals surface area contributed by atoms with Crippen molar-refractivity contribution in [3.63, 3.8) is 0 Å². The van der Waals surface area contributed by atoms with Crippen molar-refractivity contribution in [3.05, 3.63) is 23.4 Å². The maximum atomic E-state index is 10.0. The van der Waals surface area contributed by atoms with Crippen LogP contribution in [0.4, 0.5) is 0 Å². The molecule has 2 rings (SSSR count). The first-order valence-electron chi connectivity index (χ1n) is 4.60. The third-order valence-electron chi connectivity index (χ3n) is 2.60. The Balaban J connectivity index is 2.32. The molecule has 1 aliphatic rings. The Morgan fingerprint density at radius 3 is 2.71 bits per heavy atom. The van der Waals surface area contributed by atoms with Gasteiger partial charge in [0.25, 0.3) is 0 Å². The van der Waals surface area contributed by atoms with Crippen molar-refractivity contribution < 1.29 is 9.84 Å². The summed E-state index contributed by atoms with van der Waals surface area (Å²) in [7, 11) is 1.59. The van der Waals surface area contributed by atoms with Gasteiger partial charge in [0, 0.05) is 30.4 Å². The number of methoxy groups -OCH3 is 1. The Labute approximate surface area is 82.9 Å². The second-order valence-corrected chi connectivity index (χ2v) is 3.69. The zero-order valence-electron chi connectivity index (χ0n) is 8.37. The van der Waals surface area contributed by atoms with E-state index in [0.29, 0.717) is 19.0 Å². The molecule has 1 aromatic heterocycles. The molecule has 1 aliphatic heterocycles. The van der Waals surface area contributed by atoms with Gasteiger partial charge in [-0.15, -0.1) is 0 Å². The van der Waals surface area contributed by atoms with Crippen LogP contribution in [0, 0.1) is 6.92 Å². The standard InChI is InChI=1S/C10H14N2O2/c1-7-3-8(4-12-9(7)14-2)10(13)5-11-6-10/h3-4,11,13H,5-6H2,1-2H3. The summed E-state index contributed by atoms with van der Waals surface area (Å²) in [6, 6.07) is 1.92. The van der Waals surface area contributed by atoms with Crippen molar-refractivity contribution in [1.29, 1.82) is 0 Å². The Morgan fingerprint density at radius 1 is 1.57 bits per heavy atom. The third kappa shape index (κ3) is 1.36. The zero-order valence-corrected chi connectivity index (χ0v) is 8.37. The highest BCUT2D eigenvalue weighted by Gasteiger charge is 2.36. The molecule has 0 radical (unpaired) electrons. The molecule has 1 aromatic rings. The summed E-state index contributed by atoms with van der Waals surface area (Å²) in [6.07, 6.45) is 1.67. The highest BCUT2D eigenvalue weighted by atomic mass is 16.5. The second kappa shape index (κ2) is 3.22. The topological polar surface area (TPSA) is 54.4 Å². The lowest BCUT2D eigenvalue weighted by Gasteiger charge is -2.37. The van der Waals surface area contributed by atoms with Gasteiger partial charge >= 0.3 is 0 Å². The predicted molar refractivity (Wildman–Crippen MR) is 52.3 cm³/mol. The van der Waals surface area contributed by atoms with E-state index in [2.05, 4.69) is 10.3 Å². The van der Waals surface area contributed by atoms with Crippen LogP contribution in [0.3, 0.4) is 0 Å². The molecule has 14 heavy (non-hydrogen) atoms. The summed E-state index contributed by atoms with van der Waals surface area (Å²) >= 11 is 0. The molecule has 2 N–H and O–H groups in total. The average Bonchev–Trinajstić information content (AvgIpc) is 2.14. The summed E-state index contributed by atoms with van der Waals surface area (Å²) in [4.78, 5) is 4.13. The molecule has 76 valence electrons. The van der Waals surface area contributed by atoms with Gasteiger partial charge in [-0.05, 0) is 13.0 Å². The van der Waals surface area contributed by atoms with E-state index in [1.165, 1.54) is 0 Å². The molecule has 0 aliphatic carbocycles. The summed E-state index contributed by atoms with van der Waals surface area (Å²) in [5.41, 5.74) is 1.07. The van der Waals surface area contributed by atoms with E-state index in [-0.39, 0.29) is 0 Å². The van der Waals surface area contributed by atoms with Crippen LogP contribution < -0.4 is 10.1 Å². The van der Waals surface area contributed by atoms with Crippen LogP contribution in [-0.2, 0) is 5.60 Å².